The highest BCUT2D eigenvalue weighted by Crippen LogP contribution is 2.22. The lowest BCUT2D eigenvalue weighted by Crippen LogP contribution is -2.22. The molecule has 0 fully saturated rings. The van der Waals surface area contributed by atoms with Crippen molar-refractivity contribution < 1.29 is 4.42 Å². The van der Waals surface area contributed by atoms with Crippen LogP contribution >= 0.6 is 15.9 Å². The highest BCUT2D eigenvalue weighted by Gasteiger charge is 2.13. The number of furan rings is 1. The van der Waals surface area contributed by atoms with Crippen LogP contribution in [-0.2, 0) is 0 Å². The van der Waals surface area contributed by atoms with Crippen molar-refractivity contribution in [3.05, 3.63) is 58.0 Å². The molecule has 18 heavy (non-hydrogen) atoms. The van der Waals surface area contributed by atoms with Crippen LogP contribution in [0.5, 0.6) is 0 Å². The van der Waals surface area contributed by atoms with Gasteiger partial charge in [0, 0.05) is 10.5 Å². The zero-order valence-corrected chi connectivity index (χ0v) is 12.5. The molecule has 0 saturated carbocycles. The van der Waals surface area contributed by atoms with E-state index in [-0.39, 0.29) is 6.04 Å². The van der Waals surface area contributed by atoms with Crippen LogP contribution in [0.1, 0.15) is 43.0 Å². The maximum atomic E-state index is 5.63. The number of rotatable bonds is 4. The molecule has 0 aliphatic carbocycles. The molecule has 0 radical (unpaired) electrons. The first-order valence-electron chi connectivity index (χ1n) is 6.14. The molecule has 2 rings (SSSR count). The summed E-state index contributed by atoms with van der Waals surface area (Å²) in [5.74, 6) is 1.94. The first kappa shape index (κ1) is 13.4. The number of aryl methyl sites for hydroxylation is 1. The van der Waals surface area contributed by atoms with E-state index >= 15 is 0 Å². The summed E-state index contributed by atoms with van der Waals surface area (Å²) in [5, 5.41) is 3.54. The molecule has 1 N–H and O–H groups in total. The molecule has 1 aromatic heterocycles. The molecule has 0 spiro atoms. The number of hydrogen-bond acceptors (Lipinski definition) is 2. The predicted molar refractivity (Wildman–Crippen MR) is 77.6 cm³/mol. The van der Waals surface area contributed by atoms with E-state index in [0.717, 1.165) is 16.0 Å². The molecule has 96 valence electrons. The fourth-order valence-corrected chi connectivity index (χ4v) is 2.26. The van der Waals surface area contributed by atoms with Crippen molar-refractivity contribution in [2.45, 2.75) is 32.9 Å². The van der Waals surface area contributed by atoms with Crippen LogP contribution < -0.4 is 5.32 Å². The Bertz CT molecular complexity index is 503. The summed E-state index contributed by atoms with van der Waals surface area (Å²) in [6.07, 6.45) is 0. The van der Waals surface area contributed by atoms with Gasteiger partial charge in [-0.2, -0.15) is 0 Å². The molecular formula is C15H18BrNO. The summed E-state index contributed by atoms with van der Waals surface area (Å²) in [5.41, 5.74) is 1.27. The van der Waals surface area contributed by atoms with Gasteiger partial charge in [0.25, 0.3) is 0 Å². The zero-order chi connectivity index (χ0) is 13.1. The van der Waals surface area contributed by atoms with Gasteiger partial charge in [-0.3, -0.25) is 0 Å². The zero-order valence-electron chi connectivity index (χ0n) is 10.9. The quantitative estimate of drug-likeness (QED) is 0.880. The van der Waals surface area contributed by atoms with E-state index < -0.39 is 0 Å². The lowest BCUT2D eigenvalue weighted by Gasteiger charge is -2.19. The SMILES string of the molecule is Cc1ccc(C(C)NC(C)c2ccc(Br)cc2)o1. The van der Waals surface area contributed by atoms with Gasteiger partial charge in [0.05, 0.1) is 6.04 Å². The molecule has 2 unspecified atom stereocenters. The van der Waals surface area contributed by atoms with Gasteiger partial charge in [0.2, 0.25) is 0 Å². The van der Waals surface area contributed by atoms with E-state index in [0.29, 0.717) is 6.04 Å². The third kappa shape index (κ3) is 3.24. The summed E-state index contributed by atoms with van der Waals surface area (Å²) >= 11 is 3.45. The maximum Gasteiger partial charge on any atom is 0.120 e. The number of nitrogens with one attached hydrogen (secondary N) is 1. The smallest absolute Gasteiger partial charge is 0.120 e. The molecule has 2 aromatic rings. The van der Waals surface area contributed by atoms with Gasteiger partial charge in [-0.15, -0.1) is 0 Å². The Balaban J connectivity index is 2.02. The second-order valence-corrected chi connectivity index (χ2v) is 5.53. The van der Waals surface area contributed by atoms with Crippen LogP contribution in [0.4, 0.5) is 0 Å². The van der Waals surface area contributed by atoms with Gasteiger partial charge in [-0.25, -0.2) is 0 Å². The number of hydrogen-bond donors (Lipinski definition) is 1. The average Bonchev–Trinajstić information content (AvgIpc) is 2.76. The Kier molecular flexibility index (Phi) is 4.25. The topological polar surface area (TPSA) is 25.2 Å². The molecule has 1 aromatic carbocycles. The Morgan fingerprint density at radius 1 is 1.00 bits per heavy atom. The largest absolute Gasteiger partial charge is 0.465 e. The van der Waals surface area contributed by atoms with Gasteiger partial charge in [0.1, 0.15) is 11.5 Å². The number of halogens is 1. The summed E-state index contributed by atoms with van der Waals surface area (Å²) in [6.45, 7) is 6.25. The minimum absolute atomic E-state index is 0.206. The van der Waals surface area contributed by atoms with Crippen molar-refractivity contribution in [3.63, 3.8) is 0 Å². The first-order valence-corrected chi connectivity index (χ1v) is 6.93. The van der Waals surface area contributed by atoms with E-state index in [1.54, 1.807) is 0 Å². The van der Waals surface area contributed by atoms with Crippen molar-refractivity contribution in [2.75, 3.05) is 0 Å². The second kappa shape index (κ2) is 5.72. The Hall–Kier alpha value is -1.06. The lowest BCUT2D eigenvalue weighted by atomic mass is 10.1. The third-order valence-electron chi connectivity index (χ3n) is 3.06. The minimum atomic E-state index is 0.206. The molecule has 0 saturated heterocycles. The van der Waals surface area contributed by atoms with E-state index in [1.807, 2.05) is 19.1 Å². The van der Waals surface area contributed by atoms with Crippen molar-refractivity contribution in [2.24, 2.45) is 0 Å². The molecule has 0 aliphatic heterocycles. The van der Waals surface area contributed by atoms with Crippen LogP contribution in [0.15, 0.2) is 45.3 Å². The van der Waals surface area contributed by atoms with E-state index in [2.05, 4.69) is 59.4 Å². The fourth-order valence-electron chi connectivity index (χ4n) is 1.99. The van der Waals surface area contributed by atoms with Crippen molar-refractivity contribution in [1.29, 1.82) is 0 Å². The van der Waals surface area contributed by atoms with Gasteiger partial charge < -0.3 is 9.73 Å². The monoisotopic (exact) mass is 307 g/mol. The van der Waals surface area contributed by atoms with Gasteiger partial charge in [-0.05, 0) is 50.6 Å². The highest BCUT2D eigenvalue weighted by molar-refractivity contribution is 9.10. The molecule has 2 atom stereocenters. The molecule has 0 aliphatic rings. The average molecular weight is 308 g/mol. The minimum Gasteiger partial charge on any atom is -0.465 e. The van der Waals surface area contributed by atoms with Crippen LogP contribution in [0.3, 0.4) is 0 Å². The number of benzene rings is 1. The van der Waals surface area contributed by atoms with Gasteiger partial charge in [0.15, 0.2) is 0 Å². The van der Waals surface area contributed by atoms with Crippen molar-refractivity contribution >= 4 is 15.9 Å². The summed E-state index contributed by atoms with van der Waals surface area (Å²) in [4.78, 5) is 0. The van der Waals surface area contributed by atoms with E-state index in [4.69, 9.17) is 4.42 Å². The molecule has 0 amide bonds. The lowest BCUT2D eigenvalue weighted by molar-refractivity contribution is 0.392. The van der Waals surface area contributed by atoms with Crippen LogP contribution in [0, 0.1) is 6.92 Å². The maximum absolute atomic E-state index is 5.63. The standard InChI is InChI=1S/C15H18BrNO/c1-10-4-9-15(18-10)12(3)17-11(2)13-5-7-14(16)8-6-13/h4-9,11-12,17H,1-3H3. The fraction of sp³-hybridized carbons (Fsp3) is 0.333. The summed E-state index contributed by atoms with van der Waals surface area (Å²) in [7, 11) is 0. The summed E-state index contributed by atoms with van der Waals surface area (Å²) in [6, 6.07) is 12.9. The third-order valence-corrected chi connectivity index (χ3v) is 3.59. The molecule has 2 nitrogen and oxygen atoms in total. The van der Waals surface area contributed by atoms with Crippen molar-refractivity contribution in [1.82, 2.24) is 5.32 Å². The van der Waals surface area contributed by atoms with Gasteiger partial charge >= 0.3 is 0 Å². The Labute approximate surface area is 117 Å². The summed E-state index contributed by atoms with van der Waals surface area (Å²) < 4.78 is 6.74. The van der Waals surface area contributed by atoms with Crippen LogP contribution in [0.2, 0.25) is 0 Å². The Morgan fingerprint density at radius 3 is 2.22 bits per heavy atom. The molecule has 3 heteroatoms. The van der Waals surface area contributed by atoms with E-state index in [9.17, 15) is 0 Å². The predicted octanol–water partition coefficient (Wildman–Crippen LogP) is 4.76. The van der Waals surface area contributed by atoms with Gasteiger partial charge in [-0.1, -0.05) is 28.1 Å². The van der Waals surface area contributed by atoms with Crippen LogP contribution in [0.25, 0.3) is 0 Å². The molecule has 1 heterocycles. The normalized spacial score (nSPS) is 14.4. The second-order valence-electron chi connectivity index (χ2n) is 4.61. The Morgan fingerprint density at radius 2 is 1.67 bits per heavy atom. The van der Waals surface area contributed by atoms with Crippen LogP contribution in [-0.4, -0.2) is 0 Å². The molecule has 0 bridgehead atoms. The highest BCUT2D eigenvalue weighted by atomic mass is 79.9. The molecular weight excluding hydrogens is 290 g/mol. The first-order chi connectivity index (χ1) is 8.56. The van der Waals surface area contributed by atoms with E-state index in [1.165, 1.54) is 5.56 Å². The van der Waals surface area contributed by atoms with Crippen molar-refractivity contribution in [3.8, 4) is 0 Å².